The predicted molar refractivity (Wildman–Crippen MR) is 77.2 cm³/mol. The van der Waals surface area contributed by atoms with E-state index in [2.05, 4.69) is 52.9 Å². The van der Waals surface area contributed by atoms with Crippen LogP contribution in [0.5, 0.6) is 0 Å². The van der Waals surface area contributed by atoms with Crippen molar-refractivity contribution in [2.45, 2.75) is 39.3 Å². The van der Waals surface area contributed by atoms with Gasteiger partial charge in [0, 0.05) is 23.6 Å². The van der Waals surface area contributed by atoms with Crippen LogP contribution in [0.2, 0.25) is 0 Å². The zero-order valence-electron chi connectivity index (χ0n) is 10.6. The first-order valence-corrected chi connectivity index (χ1v) is 7.18. The fraction of sp³-hybridized carbons (Fsp3) is 0.571. The SMILES string of the molecule is CC(C)C1CCCN1c1ccc(CN)cc1Br. The van der Waals surface area contributed by atoms with Crippen molar-refractivity contribution in [3.8, 4) is 0 Å². The summed E-state index contributed by atoms with van der Waals surface area (Å²) in [4.78, 5) is 2.54. The summed E-state index contributed by atoms with van der Waals surface area (Å²) in [6, 6.07) is 7.16. The molecular weight excluding hydrogens is 276 g/mol. The summed E-state index contributed by atoms with van der Waals surface area (Å²) in [6.07, 6.45) is 2.61. The van der Waals surface area contributed by atoms with Gasteiger partial charge in [0.2, 0.25) is 0 Å². The minimum atomic E-state index is 0.604. The van der Waals surface area contributed by atoms with Crippen LogP contribution in [0.15, 0.2) is 22.7 Å². The fourth-order valence-electron chi connectivity index (χ4n) is 2.70. The summed E-state index contributed by atoms with van der Waals surface area (Å²) < 4.78 is 1.17. The van der Waals surface area contributed by atoms with Gasteiger partial charge in [-0.25, -0.2) is 0 Å². The molecule has 0 aliphatic carbocycles. The van der Waals surface area contributed by atoms with E-state index in [1.807, 2.05) is 0 Å². The summed E-state index contributed by atoms with van der Waals surface area (Å²) in [7, 11) is 0. The number of rotatable bonds is 3. The number of anilines is 1. The molecule has 0 saturated carbocycles. The lowest BCUT2D eigenvalue weighted by Crippen LogP contribution is -2.33. The van der Waals surface area contributed by atoms with Gasteiger partial charge >= 0.3 is 0 Å². The number of nitrogens with two attached hydrogens (primary N) is 1. The highest BCUT2D eigenvalue weighted by molar-refractivity contribution is 9.10. The molecule has 0 aromatic heterocycles. The van der Waals surface area contributed by atoms with Crippen molar-refractivity contribution in [1.82, 2.24) is 0 Å². The maximum atomic E-state index is 5.66. The summed E-state index contributed by atoms with van der Waals surface area (Å²) in [5, 5.41) is 0. The Morgan fingerprint density at radius 2 is 2.24 bits per heavy atom. The van der Waals surface area contributed by atoms with Crippen molar-refractivity contribution in [1.29, 1.82) is 0 Å². The van der Waals surface area contributed by atoms with Crippen LogP contribution in [0.25, 0.3) is 0 Å². The van der Waals surface area contributed by atoms with Gasteiger partial charge < -0.3 is 10.6 Å². The van der Waals surface area contributed by atoms with E-state index in [0.717, 1.165) is 0 Å². The molecule has 2 rings (SSSR count). The topological polar surface area (TPSA) is 29.3 Å². The molecule has 0 radical (unpaired) electrons. The van der Waals surface area contributed by atoms with Crippen LogP contribution >= 0.6 is 15.9 Å². The maximum Gasteiger partial charge on any atom is 0.0513 e. The molecule has 1 aliphatic rings. The van der Waals surface area contributed by atoms with E-state index in [1.165, 1.54) is 35.1 Å². The Morgan fingerprint density at radius 1 is 1.47 bits per heavy atom. The van der Waals surface area contributed by atoms with E-state index in [1.54, 1.807) is 0 Å². The summed E-state index contributed by atoms with van der Waals surface area (Å²) in [5.41, 5.74) is 8.16. The molecule has 2 N–H and O–H groups in total. The predicted octanol–water partition coefficient (Wildman–Crippen LogP) is 3.53. The average Bonchev–Trinajstić information content (AvgIpc) is 2.77. The lowest BCUT2D eigenvalue weighted by molar-refractivity contribution is 0.491. The van der Waals surface area contributed by atoms with Crippen LogP contribution in [0.4, 0.5) is 5.69 Å². The van der Waals surface area contributed by atoms with Gasteiger partial charge in [0.25, 0.3) is 0 Å². The van der Waals surface area contributed by atoms with Gasteiger partial charge in [0.15, 0.2) is 0 Å². The van der Waals surface area contributed by atoms with Crippen LogP contribution < -0.4 is 10.6 Å². The molecule has 0 amide bonds. The number of hydrogen-bond acceptors (Lipinski definition) is 2. The summed E-state index contributed by atoms with van der Waals surface area (Å²) in [6.45, 7) is 6.40. The number of benzene rings is 1. The maximum absolute atomic E-state index is 5.66. The van der Waals surface area contributed by atoms with Crippen LogP contribution in [0.1, 0.15) is 32.3 Å². The van der Waals surface area contributed by atoms with Crippen molar-refractivity contribution in [2.24, 2.45) is 11.7 Å². The molecule has 1 aromatic rings. The molecule has 2 nitrogen and oxygen atoms in total. The fourth-order valence-corrected chi connectivity index (χ4v) is 3.35. The van der Waals surface area contributed by atoms with Gasteiger partial charge in [-0.15, -0.1) is 0 Å². The Bertz CT molecular complexity index is 390. The normalized spacial score (nSPS) is 20.3. The first-order valence-electron chi connectivity index (χ1n) is 6.38. The molecule has 1 heterocycles. The number of halogens is 1. The Balaban J connectivity index is 2.27. The summed E-state index contributed by atoms with van der Waals surface area (Å²) in [5.74, 6) is 0.707. The van der Waals surface area contributed by atoms with Crippen molar-refractivity contribution in [3.63, 3.8) is 0 Å². The standard InChI is InChI=1S/C14H21BrN2/c1-10(2)13-4-3-7-17(13)14-6-5-11(9-16)8-12(14)15/h5-6,8,10,13H,3-4,7,9,16H2,1-2H3. The second-order valence-electron chi connectivity index (χ2n) is 5.14. The highest BCUT2D eigenvalue weighted by Gasteiger charge is 2.28. The first-order chi connectivity index (χ1) is 8.13. The molecule has 1 unspecified atom stereocenters. The van der Waals surface area contributed by atoms with Crippen LogP contribution in [0, 0.1) is 5.92 Å². The smallest absolute Gasteiger partial charge is 0.0513 e. The van der Waals surface area contributed by atoms with Gasteiger partial charge in [-0.3, -0.25) is 0 Å². The molecule has 0 bridgehead atoms. The third kappa shape index (κ3) is 2.66. The van der Waals surface area contributed by atoms with Crippen molar-refractivity contribution in [3.05, 3.63) is 28.2 Å². The van der Waals surface area contributed by atoms with E-state index < -0.39 is 0 Å². The van der Waals surface area contributed by atoms with Crippen molar-refractivity contribution >= 4 is 21.6 Å². The number of nitrogens with zero attached hydrogens (tertiary/aromatic N) is 1. The van der Waals surface area contributed by atoms with E-state index in [0.29, 0.717) is 18.5 Å². The molecule has 17 heavy (non-hydrogen) atoms. The Morgan fingerprint density at radius 3 is 2.82 bits per heavy atom. The minimum absolute atomic E-state index is 0.604. The zero-order valence-corrected chi connectivity index (χ0v) is 12.2. The third-order valence-electron chi connectivity index (χ3n) is 3.63. The summed E-state index contributed by atoms with van der Waals surface area (Å²) >= 11 is 3.68. The molecule has 0 spiro atoms. The van der Waals surface area contributed by atoms with E-state index in [9.17, 15) is 0 Å². The molecule has 1 aliphatic heterocycles. The molecule has 1 aromatic carbocycles. The van der Waals surface area contributed by atoms with E-state index in [-0.39, 0.29) is 0 Å². The van der Waals surface area contributed by atoms with Gasteiger partial charge in [-0.1, -0.05) is 19.9 Å². The Hall–Kier alpha value is -0.540. The molecule has 1 saturated heterocycles. The lowest BCUT2D eigenvalue weighted by atomic mass is 10.0. The van der Waals surface area contributed by atoms with Crippen LogP contribution in [-0.4, -0.2) is 12.6 Å². The Labute approximate surface area is 112 Å². The highest BCUT2D eigenvalue weighted by atomic mass is 79.9. The third-order valence-corrected chi connectivity index (χ3v) is 4.26. The largest absolute Gasteiger partial charge is 0.367 e. The molecular formula is C14H21BrN2. The highest BCUT2D eigenvalue weighted by Crippen LogP contribution is 2.35. The van der Waals surface area contributed by atoms with Crippen molar-refractivity contribution < 1.29 is 0 Å². The molecule has 1 fully saturated rings. The van der Waals surface area contributed by atoms with Crippen molar-refractivity contribution in [2.75, 3.05) is 11.4 Å². The molecule has 1 atom stereocenters. The monoisotopic (exact) mass is 296 g/mol. The van der Waals surface area contributed by atoms with Gasteiger partial charge in [0.05, 0.1) is 5.69 Å². The zero-order chi connectivity index (χ0) is 12.4. The molecule has 3 heteroatoms. The van der Waals surface area contributed by atoms with E-state index >= 15 is 0 Å². The van der Waals surface area contributed by atoms with E-state index in [4.69, 9.17) is 5.73 Å². The van der Waals surface area contributed by atoms with Gasteiger partial charge in [-0.2, -0.15) is 0 Å². The average molecular weight is 297 g/mol. The molecule has 94 valence electrons. The van der Waals surface area contributed by atoms with Crippen LogP contribution in [0.3, 0.4) is 0 Å². The van der Waals surface area contributed by atoms with Gasteiger partial charge in [-0.05, 0) is 52.4 Å². The minimum Gasteiger partial charge on any atom is -0.367 e. The number of hydrogen-bond donors (Lipinski definition) is 1. The van der Waals surface area contributed by atoms with Crippen LogP contribution in [-0.2, 0) is 6.54 Å². The second kappa shape index (κ2) is 5.40. The Kier molecular flexibility index (Phi) is 4.10. The second-order valence-corrected chi connectivity index (χ2v) is 5.99. The first kappa shape index (κ1) is 12.9. The quantitative estimate of drug-likeness (QED) is 0.924. The lowest BCUT2D eigenvalue weighted by Gasteiger charge is -2.30. The van der Waals surface area contributed by atoms with Gasteiger partial charge in [0.1, 0.15) is 0 Å².